The number of hydrogen-bond donors (Lipinski definition) is 2. The number of hydrogen-bond acceptors (Lipinski definition) is 3. The molecule has 0 bridgehead atoms. The van der Waals surface area contributed by atoms with E-state index >= 15 is 0 Å². The van der Waals surface area contributed by atoms with Crippen LogP contribution in [-0.4, -0.2) is 40.6 Å². The highest BCUT2D eigenvalue weighted by atomic mass is 35.5. The number of carbonyl (C=O) groups is 1. The van der Waals surface area contributed by atoms with E-state index in [2.05, 4.69) is 15.5 Å². The fourth-order valence-electron chi connectivity index (χ4n) is 2.65. The van der Waals surface area contributed by atoms with Gasteiger partial charge >= 0.3 is 0 Å². The lowest BCUT2D eigenvalue weighted by atomic mass is 10.0. The average molecular weight is 305 g/mol. The molecule has 1 unspecified atom stereocenters. The van der Waals surface area contributed by atoms with Crippen LogP contribution in [0.3, 0.4) is 0 Å². The summed E-state index contributed by atoms with van der Waals surface area (Å²) in [6.07, 6.45) is 0. The molecule has 1 saturated heterocycles. The molecule has 2 N–H and O–H groups in total. The van der Waals surface area contributed by atoms with Crippen LogP contribution >= 0.6 is 11.6 Å². The fourth-order valence-corrected chi connectivity index (χ4v) is 2.91. The first-order valence-corrected chi connectivity index (χ1v) is 7.33. The number of rotatable bonds is 2. The van der Waals surface area contributed by atoms with Crippen molar-refractivity contribution in [1.82, 2.24) is 20.4 Å². The van der Waals surface area contributed by atoms with Gasteiger partial charge in [0.25, 0.3) is 5.91 Å². The van der Waals surface area contributed by atoms with Crippen LogP contribution in [0, 0.1) is 6.92 Å². The number of piperazine rings is 1. The number of aryl methyl sites for hydroxylation is 1. The third-order valence-electron chi connectivity index (χ3n) is 3.69. The van der Waals surface area contributed by atoms with E-state index in [0.29, 0.717) is 23.8 Å². The number of benzene rings is 1. The molecular formula is C15H17ClN4O. The highest BCUT2D eigenvalue weighted by Gasteiger charge is 2.30. The zero-order valence-electron chi connectivity index (χ0n) is 11.8. The Balaban J connectivity index is 1.92. The molecule has 1 aromatic carbocycles. The molecular weight excluding hydrogens is 288 g/mol. The van der Waals surface area contributed by atoms with Gasteiger partial charge in [-0.2, -0.15) is 5.10 Å². The normalized spacial score (nSPS) is 18.8. The van der Waals surface area contributed by atoms with Crippen LogP contribution in [-0.2, 0) is 0 Å². The first-order valence-electron chi connectivity index (χ1n) is 6.95. The molecule has 0 radical (unpaired) electrons. The van der Waals surface area contributed by atoms with Gasteiger partial charge in [-0.1, -0.05) is 29.8 Å². The smallest absolute Gasteiger partial charge is 0.274 e. The maximum Gasteiger partial charge on any atom is 0.274 e. The second kappa shape index (κ2) is 5.87. The van der Waals surface area contributed by atoms with Crippen molar-refractivity contribution < 1.29 is 4.79 Å². The second-order valence-corrected chi connectivity index (χ2v) is 5.58. The Labute approximate surface area is 128 Å². The summed E-state index contributed by atoms with van der Waals surface area (Å²) in [5.74, 6) is -0.0641. The van der Waals surface area contributed by atoms with Gasteiger partial charge in [0.15, 0.2) is 0 Å². The first-order chi connectivity index (χ1) is 10.2. The molecule has 1 aliphatic heterocycles. The Bertz CT molecular complexity index is 655. The standard InChI is InChI=1S/C15H17ClN4O/c1-10-8-13(19-18-10)15(21)20-7-6-17-9-14(20)11-4-2-3-5-12(11)16/h2-5,8,14,17H,6-7,9H2,1H3,(H,18,19). The van der Waals surface area contributed by atoms with Crippen molar-refractivity contribution in [2.45, 2.75) is 13.0 Å². The number of aromatic nitrogens is 2. The van der Waals surface area contributed by atoms with Crippen LogP contribution in [0.4, 0.5) is 0 Å². The minimum atomic E-state index is -0.0723. The molecule has 6 heteroatoms. The lowest BCUT2D eigenvalue weighted by Crippen LogP contribution is -2.48. The van der Waals surface area contributed by atoms with E-state index in [4.69, 9.17) is 11.6 Å². The lowest BCUT2D eigenvalue weighted by molar-refractivity contribution is 0.0628. The van der Waals surface area contributed by atoms with Crippen molar-refractivity contribution >= 4 is 17.5 Å². The SMILES string of the molecule is Cc1cc(C(=O)N2CCNCC2c2ccccc2Cl)n[nH]1. The Hall–Kier alpha value is -1.85. The summed E-state index contributed by atoms with van der Waals surface area (Å²) >= 11 is 6.29. The predicted molar refractivity (Wildman–Crippen MR) is 81.4 cm³/mol. The highest BCUT2D eigenvalue weighted by Crippen LogP contribution is 2.29. The van der Waals surface area contributed by atoms with Gasteiger partial charge in [-0.25, -0.2) is 0 Å². The Morgan fingerprint density at radius 2 is 2.24 bits per heavy atom. The summed E-state index contributed by atoms with van der Waals surface area (Å²) in [6.45, 7) is 3.99. The predicted octanol–water partition coefficient (Wildman–Crippen LogP) is 2.16. The van der Waals surface area contributed by atoms with Crippen LogP contribution < -0.4 is 5.32 Å². The van der Waals surface area contributed by atoms with Crippen molar-refractivity contribution in [3.05, 3.63) is 52.3 Å². The topological polar surface area (TPSA) is 61.0 Å². The van der Waals surface area contributed by atoms with E-state index in [0.717, 1.165) is 17.8 Å². The number of nitrogens with one attached hydrogen (secondary N) is 2. The Morgan fingerprint density at radius 1 is 1.43 bits per heavy atom. The summed E-state index contributed by atoms with van der Waals surface area (Å²) in [5.41, 5.74) is 2.29. The van der Waals surface area contributed by atoms with Gasteiger partial charge in [0.1, 0.15) is 5.69 Å². The maximum atomic E-state index is 12.7. The number of halogens is 1. The molecule has 1 atom stereocenters. The monoisotopic (exact) mass is 304 g/mol. The van der Waals surface area contributed by atoms with Crippen molar-refractivity contribution in [3.8, 4) is 0 Å². The van der Waals surface area contributed by atoms with E-state index < -0.39 is 0 Å². The van der Waals surface area contributed by atoms with E-state index in [1.165, 1.54) is 0 Å². The fraction of sp³-hybridized carbons (Fsp3) is 0.333. The Kier molecular flexibility index (Phi) is 3.94. The first kappa shape index (κ1) is 14.1. The molecule has 21 heavy (non-hydrogen) atoms. The van der Waals surface area contributed by atoms with Crippen LogP contribution in [0.25, 0.3) is 0 Å². The lowest BCUT2D eigenvalue weighted by Gasteiger charge is -2.36. The second-order valence-electron chi connectivity index (χ2n) is 5.18. The van der Waals surface area contributed by atoms with Crippen LogP contribution in [0.2, 0.25) is 5.02 Å². The molecule has 110 valence electrons. The summed E-state index contributed by atoms with van der Waals surface area (Å²) in [7, 11) is 0. The van der Waals surface area contributed by atoms with Crippen molar-refractivity contribution in [2.24, 2.45) is 0 Å². The highest BCUT2D eigenvalue weighted by molar-refractivity contribution is 6.31. The van der Waals surface area contributed by atoms with Gasteiger partial charge in [0, 0.05) is 30.4 Å². The summed E-state index contributed by atoms with van der Waals surface area (Å²) in [5, 5.41) is 10.9. The van der Waals surface area contributed by atoms with E-state index in [1.807, 2.05) is 36.1 Å². The number of nitrogens with zero attached hydrogens (tertiary/aromatic N) is 2. The van der Waals surface area contributed by atoms with Gasteiger partial charge in [0.2, 0.25) is 0 Å². The third-order valence-corrected chi connectivity index (χ3v) is 4.04. The minimum Gasteiger partial charge on any atom is -0.328 e. The summed E-state index contributed by atoms with van der Waals surface area (Å²) < 4.78 is 0. The van der Waals surface area contributed by atoms with Gasteiger partial charge in [-0.15, -0.1) is 0 Å². The minimum absolute atomic E-state index is 0.0641. The number of amides is 1. The van der Waals surface area contributed by atoms with Gasteiger partial charge in [-0.3, -0.25) is 9.89 Å². The van der Waals surface area contributed by atoms with Gasteiger partial charge in [-0.05, 0) is 24.6 Å². The van der Waals surface area contributed by atoms with Crippen LogP contribution in [0.5, 0.6) is 0 Å². The summed E-state index contributed by atoms with van der Waals surface area (Å²) in [6, 6.07) is 9.36. The van der Waals surface area contributed by atoms with E-state index in [-0.39, 0.29) is 11.9 Å². The molecule has 1 amide bonds. The molecule has 0 aliphatic carbocycles. The van der Waals surface area contributed by atoms with Crippen molar-refractivity contribution in [2.75, 3.05) is 19.6 Å². The molecule has 2 aromatic rings. The number of aromatic amines is 1. The van der Waals surface area contributed by atoms with Crippen molar-refractivity contribution in [3.63, 3.8) is 0 Å². The van der Waals surface area contributed by atoms with Gasteiger partial charge in [0.05, 0.1) is 6.04 Å². The third kappa shape index (κ3) is 2.80. The molecule has 3 rings (SSSR count). The molecule has 0 spiro atoms. The molecule has 5 nitrogen and oxygen atoms in total. The van der Waals surface area contributed by atoms with Crippen molar-refractivity contribution in [1.29, 1.82) is 0 Å². The zero-order chi connectivity index (χ0) is 14.8. The maximum absolute atomic E-state index is 12.7. The average Bonchev–Trinajstić information content (AvgIpc) is 2.94. The zero-order valence-corrected chi connectivity index (χ0v) is 12.5. The van der Waals surface area contributed by atoms with Gasteiger partial charge < -0.3 is 10.2 Å². The van der Waals surface area contributed by atoms with E-state index in [9.17, 15) is 4.79 Å². The molecule has 1 aliphatic rings. The summed E-state index contributed by atoms with van der Waals surface area (Å²) in [4.78, 5) is 14.5. The number of H-pyrrole nitrogens is 1. The molecule has 0 saturated carbocycles. The Morgan fingerprint density at radius 3 is 2.95 bits per heavy atom. The van der Waals surface area contributed by atoms with Crippen LogP contribution in [0.15, 0.2) is 30.3 Å². The molecule has 1 fully saturated rings. The molecule has 2 heterocycles. The largest absolute Gasteiger partial charge is 0.328 e. The number of carbonyl (C=O) groups excluding carboxylic acids is 1. The van der Waals surface area contributed by atoms with E-state index in [1.54, 1.807) is 6.07 Å². The quantitative estimate of drug-likeness (QED) is 0.894. The van der Waals surface area contributed by atoms with Crippen LogP contribution in [0.1, 0.15) is 27.8 Å². The molecule has 1 aromatic heterocycles.